The van der Waals surface area contributed by atoms with Gasteiger partial charge in [-0.3, -0.25) is 0 Å². The van der Waals surface area contributed by atoms with E-state index in [1.807, 2.05) is 0 Å². The van der Waals surface area contributed by atoms with Gasteiger partial charge in [-0.15, -0.1) is 0 Å². The van der Waals surface area contributed by atoms with Gasteiger partial charge in [0.05, 0.1) is 22.7 Å². The third-order valence-corrected chi connectivity index (χ3v) is 2.87. The number of aromatic nitrogens is 2. The lowest BCUT2D eigenvalue weighted by Gasteiger charge is -2.08. The summed E-state index contributed by atoms with van der Waals surface area (Å²) < 4.78 is 5.48. The van der Waals surface area contributed by atoms with Gasteiger partial charge in [-0.1, -0.05) is 23.2 Å². The number of aliphatic imine (C=N–C) groups is 1. The minimum Gasteiger partial charge on any atom is -0.438 e. The maximum absolute atomic E-state index is 6.10. The van der Waals surface area contributed by atoms with Crippen LogP contribution in [0.1, 0.15) is 6.92 Å². The van der Waals surface area contributed by atoms with Crippen LogP contribution in [0.3, 0.4) is 0 Å². The van der Waals surface area contributed by atoms with Gasteiger partial charge in [0.2, 0.25) is 5.88 Å². The molecule has 18 heavy (non-hydrogen) atoms. The van der Waals surface area contributed by atoms with Crippen LogP contribution in [0.4, 0.5) is 5.69 Å². The van der Waals surface area contributed by atoms with Crippen molar-refractivity contribution < 1.29 is 4.74 Å². The predicted octanol–water partition coefficient (Wildman–Crippen LogP) is 3.52. The van der Waals surface area contributed by atoms with Crippen LogP contribution in [0.5, 0.6) is 11.6 Å². The fraction of sp³-hybridized carbons (Fsp3) is 0.0909. The first-order chi connectivity index (χ1) is 8.58. The maximum Gasteiger partial charge on any atom is 0.215 e. The van der Waals surface area contributed by atoms with Crippen LogP contribution in [0.25, 0.3) is 0 Å². The second kappa shape index (κ2) is 5.29. The zero-order chi connectivity index (χ0) is 13.1. The number of nitrogens with one attached hydrogen (secondary N) is 1. The Hall–Kier alpha value is -1.72. The number of hydrogen-bond acceptors (Lipinski definition) is 3. The highest BCUT2D eigenvalue weighted by molar-refractivity contribution is 6.44. The molecule has 0 fully saturated rings. The second-order valence-corrected chi connectivity index (χ2v) is 4.24. The minimum atomic E-state index is 0.272. The van der Waals surface area contributed by atoms with Crippen molar-refractivity contribution in [1.29, 1.82) is 0 Å². The summed E-state index contributed by atoms with van der Waals surface area (Å²) in [5, 5.41) is 6.98. The van der Waals surface area contributed by atoms with Gasteiger partial charge in [0.25, 0.3) is 0 Å². The Balaban J connectivity index is 2.35. The minimum absolute atomic E-state index is 0.272. The number of nitrogens with zero attached hydrogens (tertiary/aromatic N) is 2. The van der Waals surface area contributed by atoms with E-state index in [4.69, 9.17) is 33.7 Å². The molecule has 3 N–H and O–H groups in total. The highest BCUT2D eigenvalue weighted by Crippen LogP contribution is 2.40. The van der Waals surface area contributed by atoms with Crippen molar-refractivity contribution in [2.24, 2.45) is 10.7 Å². The zero-order valence-electron chi connectivity index (χ0n) is 9.45. The van der Waals surface area contributed by atoms with Gasteiger partial charge < -0.3 is 10.5 Å². The molecule has 1 heterocycles. The van der Waals surface area contributed by atoms with Gasteiger partial charge in [-0.2, -0.15) is 5.10 Å². The van der Waals surface area contributed by atoms with Crippen LogP contribution >= 0.6 is 23.2 Å². The molecule has 0 saturated carbocycles. The van der Waals surface area contributed by atoms with E-state index < -0.39 is 0 Å². The summed E-state index contributed by atoms with van der Waals surface area (Å²) in [6, 6.07) is 5.01. The fourth-order valence-corrected chi connectivity index (χ4v) is 1.69. The molecule has 0 aliphatic heterocycles. The van der Waals surface area contributed by atoms with Crippen LogP contribution in [0.2, 0.25) is 10.0 Å². The number of halogens is 2. The third kappa shape index (κ3) is 2.75. The summed E-state index contributed by atoms with van der Waals surface area (Å²) in [4.78, 5) is 4.06. The van der Waals surface area contributed by atoms with E-state index in [9.17, 15) is 0 Å². The lowest BCUT2D eigenvalue weighted by atomic mass is 10.3. The number of rotatable bonds is 3. The lowest BCUT2D eigenvalue weighted by molar-refractivity contribution is 0.462. The van der Waals surface area contributed by atoms with Gasteiger partial charge in [-0.25, -0.2) is 10.1 Å². The molecule has 7 heteroatoms. The van der Waals surface area contributed by atoms with Crippen LogP contribution in [-0.2, 0) is 0 Å². The molecule has 0 aliphatic rings. The average molecular weight is 285 g/mol. The monoisotopic (exact) mass is 284 g/mol. The van der Waals surface area contributed by atoms with Crippen LogP contribution < -0.4 is 10.5 Å². The van der Waals surface area contributed by atoms with E-state index in [2.05, 4.69) is 15.2 Å². The molecule has 1 aromatic heterocycles. The Kier molecular flexibility index (Phi) is 3.74. The normalized spacial score (nSPS) is 11.6. The maximum atomic E-state index is 6.10. The molecule has 0 radical (unpaired) electrons. The molecule has 94 valence electrons. The molecule has 5 nitrogen and oxygen atoms in total. The summed E-state index contributed by atoms with van der Waals surface area (Å²) in [6.45, 7) is 1.67. The first kappa shape index (κ1) is 12.7. The van der Waals surface area contributed by atoms with Gasteiger partial charge in [0.1, 0.15) is 10.8 Å². The van der Waals surface area contributed by atoms with E-state index in [1.165, 1.54) is 0 Å². The van der Waals surface area contributed by atoms with E-state index in [1.54, 1.807) is 31.3 Å². The third-order valence-electron chi connectivity index (χ3n) is 2.02. The molecule has 0 saturated heterocycles. The number of hydrogen-bond donors (Lipinski definition) is 2. The van der Waals surface area contributed by atoms with Crippen molar-refractivity contribution in [3.05, 3.63) is 34.4 Å². The van der Waals surface area contributed by atoms with E-state index in [0.717, 1.165) is 0 Å². The van der Waals surface area contributed by atoms with Crippen LogP contribution in [0, 0.1) is 0 Å². The van der Waals surface area contributed by atoms with Gasteiger partial charge in [0, 0.05) is 6.07 Å². The molecule has 1 aromatic carbocycles. The number of H-pyrrole nitrogens is 1. The molecule has 0 bridgehead atoms. The van der Waals surface area contributed by atoms with Gasteiger partial charge in [0.15, 0.2) is 0 Å². The second-order valence-electron chi connectivity index (χ2n) is 3.49. The van der Waals surface area contributed by atoms with E-state index in [-0.39, 0.29) is 5.02 Å². The van der Waals surface area contributed by atoms with Crippen molar-refractivity contribution in [2.75, 3.05) is 0 Å². The fourth-order valence-electron chi connectivity index (χ4n) is 1.30. The molecule has 0 spiro atoms. The number of nitrogens with two attached hydrogens (primary N) is 1. The molecule has 0 amide bonds. The number of aromatic amines is 1. The number of benzene rings is 1. The predicted molar refractivity (Wildman–Crippen MR) is 72.1 cm³/mol. The van der Waals surface area contributed by atoms with Crippen LogP contribution in [0.15, 0.2) is 29.4 Å². The average Bonchev–Trinajstić information content (AvgIpc) is 2.81. The molecule has 2 aromatic rings. The quantitative estimate of drug-likeness (QED) is 0.669. The Labute approximate surface area is 114 Å². The summed E-state index contributed by atoms with van der Waals surface area (Å²) in [5.74, 6) is 1.29. The molecular formula is C11H10Cl2N4O. The molecule has 0 aliphatic carbocycles. The Morgan fingerprint density at radius 3 is 2.72 bits per heavy atom. The topological polar surface area (TPSA) is 76.3 Å². The summed E-state index contributed by atoms with van der Waals surface area (Å²) in [7, 11) is 0. The van der Waals surface area contributed by atoms with Crippen molar-refractivity contribution in [3.63, 3.8) is 0 Å². The van der Waals surface area contributed by atoms with Crippen molar-refractivity contribution in [1.82, 2.24) is 10.2 Å². The van der Waals surface area contributed by atoms with Gasteiger partial charge >= 0.3 is 0 Å². The first-order valence-corrected chi connectivity index (χ1v) is 5.79. The highest BCUT2D eigenvalue weighted by atomic mass is 35.5. The lowest BCUT2D eigenvalue weighted by Crippen LogP contribution is -2.03. The van der Waals surface area contributed by atoms with E-state index >= 15 is 0 Å². The van der Waals surface area contributed by atoms with Crippen molar-refractivity contribution >= 4 is 34.7 Å². The summed E-state index contributed by atoms with van der Waals surface area (Å²) in [6.07, 6.45) is 1.57. The van der Waals surface area contributed by atoms with E-state index in [0.29, 0.717) is 28.2 Å². The molecule has 0 atom stereocenters. The zero-order valence-corrected chi connectivity index (χ0v) is 11.0. The highest BCUT2D eigenvalue weighted by Gasteiger charge is 2.12. The first-order valence-electron chi connectivity index (χ1n) is 5.04. The summed E-state index contributed by atoms with van der Waals surface area (Å²) in [5.41, 5.74) is 5.99. The number of ether oxygens (including phenoxy) is 1. The molecule has 2 rings (SSSR count). The Morgan fingerprint density at radius 2 is 2.11 bits per heavy atom. The Morgan fingerprint density at radius 1 is 1.33 bits per heavy atom. The molecular weight excluding hydrogens is 275 g/mol. The SMILES string of the molecule is CC(N)=Nc1ccc(Oc2ccn[nH]2)c(Cl)c1Cl. The molecule has 0 unspecified atom stereocenters. The smallest absolute Gasteiger partial charge is 0.215 e. The van der Waals surface area contributed by atoms with Crippen molar-refractivity contribution in [3.8, 4) is 11.6 Å². The Bertz CT molecular complexity index is 577. The summed E-state index contributed by atoms with van der Waals surface area (Å²) >= 11 is 12.2. The van der Waals surface area contributed by atoms with Gasteiger partial charge in [-0.05, 0) is 19.1 Å². The van der Waals surface area contributed by atoms with Crippen LogP contribution in [-0.4, -0.2) is 16.0 Å². The standard InChI is InChI=1S/C11H10Cl2N4O/c1-6(14)16-7-2-3-8(11(13)10(7)12)18-9-4-5-15-17-9/h2-5H,1H3,(H2,14,16)(H,15,17). The largest absolute Gasteiger partial charge is 0.438 e. The van der Waals surface area contributed by atoms with Crippen molar-refractivity contribution in [2.45, 2.75) is 6.92 Å². The number of amidine groups is 1.